The zero-order valence-electron chi connectivity index (χ0n) is 13.2. The maximum Gasteiger partial charge on any atom is 0.0594 e. The molecule has 1 N–H and O–H groups in total. The van der Waals surface area contributed by atoms with Gasteiger partial charge in [0.2, 0.25) is 0 Å². The third kappa shape index (κ3) is 4.79. The monoisotopic (exact) mass is 330 g/mol. The summed E-state index contributed by atoms with van der Waals surface area (Å²) in [6.07, 6.45) is 0. The van der Waals surface area contributed by atoms with E-state index in [0.29, 0.717) is 6.04 Å². The molecular weight excluding hydrogens is 308 g/mol. The number of benzene rings is 2. The fourth-order valence-electron chi connectivity index (χ4n) is 2.98. The predicted molar refractivity (Wildman–Crippen MR) is 94.7 cm³/mol. The van der Waals surface area contributed by atoms with Gasteiger partial charge in [0.05, 0.1) is 13.2 Å². The average Bonchev–Trinajstić information content (AvgIpc) is 2.61. The van der Waals surface area contributed by atoms with Gasteiger partial charge in [-0.2, -0.15) is 0 Å². The van der Waals surface area contributed by atoms with E-state index in [1.165, 1.54) is 11.1 Å². The van der Waals surface area contributed by atoms with E-state index in [-0.39, 0.29) is 0 Å². The highest BCUT2D eigenvalue weighted by atomic mass is 35.5. The number of hydrogen-bond donors (Lipinski definition) is 1. The number of hydrogen-bond acceptors (Lipinski definition) is 3. The topological polar surface area (TPSA) is 24.5 Å². The van der Waals surface area contributed by atoms with Crippen LogP contribution < -0.4 is 5.32 Å². The zero-order valence-corrected chi connectivity index (χ0v) is 14.0. The maximum atomic E-state index is 6.04. The van der Waals surface area contributed by atoms with Crippen LogP contribution in [0.5, 0.6) is 0 Å². The van der Waals surface area contributed by atoms with E-state index in [2.05, 4.69) is 46.6 Å². The predicted octanol–water partition coefficient (Wildman–Crippen LogP) is 3.50. The summed E-state index contributed by atoms with van der Waals surface area (Å²) >= 11 is 6.04. The number of rotatable bonds is 6. The second-order valence-corrected chi connectivity index (χ2v) is 6.27. The molecular formula is C19H23ClN2O. The fourth-order valence-corrected chi connectivity index (χ4v) is 3.11. The lowest BCUT2D eigenvalue weighted by molar-refractivity contribution is 0.0161. The van der Waals surface area contributed by atoms with Gasteiger partial charge in [-0.3, -0.25) is 4.90 Å². The minimum atomic E-state index is 0.347. The van der Waals surface area contributed by atoms with Gasteiger partial charge < -0.3 is 10.1 Å². The van der Waals surface area contributed by atoms with E-state index in [1.54, 1.807) is 0 Å². The molecule has 4 heteroatoms. The summed E-state index contributed by atoms with van der Waals surface area (Å²) in [4.78, 5) is 2.49. The lowest BCUT2D eigenvalue weighted by atomic mass is 10.0. The van der Waals surface area contributed by atoms with Crippen LogP contribution in [0.2, 0.25) is 5.02 Å². The molecule has 1 unspecified atom stereocenters. The Kier molecular flexibility index (Phi) is 6.06. The molecule has 2 aromatic carbocycles. The molecule has 122 valence electrons. The SMILES string of the molecule is Clc1ccc(C(CNCc2ccccc2)N2CCOCC2)cc1. The van der Waals surface area contributed by atoms with E-state index >= 15 is 0 Å². The Morgan fingerprint density at radius 3 is 2.39 bits per heavy atom. The molecule has 0 bridgehead atoms. The van der Waals surface area contributed by atoms with Crippen LogP contribution >= 0.6 is 11.6 Å². The first-order valence-corrected chi connectivity index (χ1v) is 8.52. The minimum Gasteiger partial charge on any atom is -0.379 e. The third-order valence-electron chi connectivity index (χ3n) is 4.25. The number of halogens is 1. The van der Waals surface area contributed by atoms with Crippen molar-refractivity contribution in [1.82, 2.24) is 10.2 Å². The van der Waals surface area contributed by atoms with Gasteiger partial charge in [0.1, 0.15) is 0 Å². The van der Waals surface area contributed by atoms with Crippen molar-refractivity contribution < 1.29 is 4.74 Å². The Bertz CT molecular complexity index is 582. The van der Waals surface area contributed by atoms with Crippen LogP contribution in [0.25, 0.3) is 0 Å². The highest BCUT2D eigenvalue weighted by molar-refractivity contribution is 6.30. The summed E-state index contributed by atoms with van der Waals surface area (Å²) in [5.74, 6) is 0. The number of nitrogens with zero attached hydrogens (tertiary/aromatic N) is 1. The Morgan fingerprint density at radius 1 is 1.00 bits per heavy atom. The molecule has 1 aliphatic rings. The van der Waals surface area contributed by atoms with Gasteiger partial charge in [-0.15, -0.1) is 0 Å². The number of nitrogens with one attached hydrogen (secondary N) is 1. The normalized spacial score (nSPS) is 17.1. The summed E-state index contributed by atoms with van der Waals surface area (Å²) in [5.41, 5.74) is 2.61. The first-order valence-electron chi connectivity index (χ1n) is 8.15. The van der Waals surface area contributed by atoms with Gasteiger partial charge in [0.25, 0.3) is 0 Å². The molecule has 3 nitrogen and oxygen atoms in total. The molecule has 23 heavy (non-hydrogen) atoms. The van der Waals surface area contributed by atoms with Gasteiger partial charge in [-0.05, 0) is 23.3 Å². The fraction of sp³-hybridized carbons (Fsp3) is 0.368. The van der Waals surface area contributed by atoms with E-state index in [1.807, 2.05) is 18.2 Å². The molecule has 3 rings (SSSR count). The lowest BCUT2D eigenvalue weighted by Gasteiger charge is -2.35. The number of morpholine rings is 1. The van der Waals surface area contributed by atoms with Crippen LogP contribution in [-0.2, 0) is 11.3 Å². The maximum absolute atomic E-state index is 6.04. The van der Waals surface area contributed by atoms with Crippen molar-refractivity contribution >= 4 is 11.6 Å². The van der Waals surface area contributed by atoms with Crippen molar-refractivity contribution in [3.63, 3.8) is 0 Å². The largest absolute Gasteiger partial charge is 0.379 e. The van der Waals surface area contributed by atoms with Crippen LogP contribution in [0, 0.1) is 0 Å². The highest BCUT2D eigenvalue weighted by Crippen LogP contribution is 2.23. The molecule has 1 atom stereocenters. The Labute approximate surface area is 143 Å². The van der Waals surface area contributed by atoms with Crippen molar-refractivity contribution in [2.75, 3.05) is 32.8 Å². The molecule has 2 aromatic rings. The third-order valence-corrected chi connectivity index (χ3v) is 4.50. The van der Waals surface area contributed by atoms with Gasteiger partial charge in [-0.1, -0.05) is 54.1 Å². The van der Waals surface area contributed by atoms with Crippen LogP contribution in [0.3, 0.4) is 0 Å². The summed E-state index contributed by atoms with van der Waals surface area (Å²) in [7, 11) is 0. The summed E-state index contributed by atoms with van der Waals surface area (Å²) in [6, 6.07) is 19.1. The zero-order chi connectivity index (χ0) is 15.9. The summed E-state index contributed by atoms with van der Waals surface area (Å²) in [5, 5.41) is 4.38. The van der Waals surface area contributed by atoms with Gasteiger partial charge >= 0.3 is 0 Å². The number of ether oxygens (including phenoxy) is 1. The van der Waals surface area contributed by atoms with Gasteiger partial charge in [0.15, 0.2) is 0 Å². The van der Waals surface area contributed by atoms with Crippen LogP contribution in [0.1, 0.15) is 17.2 Å². The quantitative estimate of drug-likeness (QED) is 0.877. The lowest BCUT2D eigenvalue weighted by Crippen LogP contribution is -2.42. The van der Waals surface area contributed by atoms with Crippen LogP contribution in [0.15, 0.2) is 54.6 Å². The second kappa shape index (κ2) is 8.46. The first kappa shape index (κ1) is 16.5. The Balaban J connectivity index is 1.65. The molecule has 1 heterocycles. The molecule has 0 saturated carbocycles. The summed E-state index contributed by atoms with van der Waals surface area (Å²) < 4.78 is 5.50. The Morgan fingerprint density at radius 2 is 1.70 bits per heavy atom. The van der Waals surface area contributed by atoms with Gasteiger partial charge in [-0.25, -0.2) is 0 Å². The first-order chi connectivity index (χ1) is 11.3. The van der Waals surface area contributed by atoms with E-state index in [9.17, 15) is 0 Å². The minimum absolute atomic E-state index is 0.347. The molecule has 1 aliphatic heterocycles. The second-order valence-electron chi connectivity index (χ2n) is 5.83. The molecule has 0 spiro atoms. The molecule has 0 radical (unpaired) electrons. The molecule has 0 aromatic heterocycles. The van der Waals surface area contributed by atoms with E-state index in [0.717, 1.165) is 44.4 Å². The van der Waals surface area contributed by atoms with E-state index < -0.39 is 0 Å². The summed E-state index contributed by atoms with van der Waals surface area (Å²) in [6.45, 7) is 5.36. The van der Waals surface area contributed by atoms with Crippen molar-refractivity contribution in [2.45, 2.75) is 12.6 Å². The highest BCUT2D eigenvalue weighted by Gasteiger charge is 2.22. The van der Waals surface area contributed by atoms with E-state index in [4.69, 9.17) is 16.3 Å². The molecule has 0 amide bonds. The molecule has 0 aliphatic carbocycles. The Hall–Kier alpha value is -1.39. The van der Waals surface area contributed by atoms with Crippen molar-refractivity contribution in [3.05, 3.63) is 70.7 Å². The van der Waals surface area contributed by atoms with Crippen LogP contribution in [0.4, 0.5) is 0 Å². The average molecular weight is 331 g/mol. The van der Waals surface area contributed by atoms with Crippen molar-refractivity contribution in [2.24, 2.45) is 0 Å². The smallest absolute Gasteiger partial charge is 0.0594 e. The van der Waals surface area contributed by atoms with Crippen LogP contribution in [-0.4, -0.2) is 37.7 Å². The molecule has 1 fully saturated rings. The standard InChI is InChI=1S/C19H23ClN2O/c20-18-8-6-17(7-9-18)19(22-10-12-23-13-11-22)15-21-14-16-4-2-1-3-5-16/h1-9,19,21H,10-15H2. The van der Waals surface area contributed by atoms with Gasteiger partial charge in [0, 0.05) is 37.2 Å². The van der Waals surface area contributed by atoms with Crippen molar-refractivity contribution in [1.29, 1.82) is 0 Å². The van der Waals surface area contributed by atoms with Crippen molar-refractivity contribution in [3.8, 4) is 0 Å². The molecule has 1 saturated heterocycles.